The summed E-state index contributed by atoms with van der Waals surface area (Å²) in [4.78, 5) is 12.4. The number of aromatic nitrogens is 2. The second-order valence-corrected chi connectivity index (χ2v) is 10.2. The first-order chi connectivity index (χ1) is 20.0. The molecule has 41 heavy (non-hydrogen) atoms. The number of halogens is 1. The Hall–Kier alpha value is -5.08. The topological polar surface area (TPSA) is 87.3 Å². The Bertz CT molecular complexity index is 1850. The van der Waals surface area contributed by atoms with Crippen LogP contribution in [0, 0.1) is 6.92 Å². The number of rotatable bonds is 4. The van der Waals surface area contributed by atoms with Crippen molar-refractivity contribution in [1.29, 1.82) is 0 Å². The van der Waals surface area contributed by atoms with Crippen LogP contribution < -0.4 is 15.0 Å². The average molecular weight is 561 g/mol. The van der Waals surface area contributed by atoms with Crippen LogP contribution in [0.25, 0.3) is 5.69 Å². The highest BCUT2D eigenvalue weighted by Gasteiger charge is 2.41. The monoisotopic (exact) mass is 560 g/mol. The number of anilines is 2. The van der Waals surface area contributed by atoms with E-state index in [0.717, 1.165) is 39.6 Å². The van der Waals surface area contributed by atoms with Crippen LogP contribution in [0.15, 0.2) is 107 Å². The lowest BCUT2D eigenvalue weighted by Crippen LogP contribution is -2.46. The van der Waals surface area contributed by atoms with E-state index in [9.17, 15) is 5.11 Å². The third kappa shape index (κ3) is 4.20. The van der Waals surface area contributed by atoms with Gasteiger partial charge in [-0.3, -0.25) is 0 Å². The van der Waals surface area contributed by atoms with E-state index in [1.807, 2.05) is 103 Å². The molecule has 1 unspecified atom stereocenters. The van der Waals surface area contributed by atoms with Crippen molar-refractivity contribution in [2.75, 3.05) is 17.3 Å². The van der Waals surface area contributed by atoms with Crippen molar-refractivity contribution in [3.63, 3.8) is 0 Å². The molecule has 0 radical (unpaired) electrons. The number of amidine groups is 2. The summed E-state index contributed by atoms with van der Waals surface area (Å²) in [6.45, 7) is 2.00. The average Bonchev–Trinajstić information content (AvgIpc) is 3.34. The molecule has 0 fully saturated rings. The molecule has 1 atom stereocenters. The largest absolute Gasteiger partial charge is 0.504 e. The number of nitrogens with one attached hydrogen (secondary N) is 1. The molecule has 2 N–H and O–H groups in total. The molecule has 0 aliphatic carbocycles. The Balaban J connectivity index is 1.50. The quantitative estimate of drug-likeness (QED) is 0.240. The van der Waals surface area contributed by atoms with Gasteiger partial charge in [0.2, 0.25) is 0 Å². The van der Waals surface area contributed by atoms with Crippen molar-refractivity contribution in [3.8, 4) is 17.2 Å². The minimum absolute atomic E-state index is 0.0728. The SMILES string of the molecule is COc1cc(C2c3c(C)nn(-c4ccccc4)c3N=C3C(Nc4ccc(Cl)cc4)=Nc4ccccc4N32)ccc1O. The number of aliphatic imine (C=N–C) groups is 2. The maximum Gasteiger partial charge on any atom is 0.179 e. The van der Waals surface area contributed by atoms with Crippen molar-refractivity contribution in [2.45, 2.75) is 13.0 Å². The molecule has 2 aliphatic rings. The lowest BCUT2D eigenvalue weighted by Gasteiger charge is -2.40. The zero-order valence-corrected chi connectivity index (χ0v) is 23.0. The standard InChI is InChI=1S/C32H25ClN6O2/c1-19-28-29(20-12-17-26(40)27(18-20)41-2)38-25-11-7-6-10-24(25)35-30(34-22-15-13-21(33)14-16-22)32(38)36-31(28)39(37-19)23-8-4-3-5-9-23/h3-18,29,40H,1-2H3,(H,34,35). The summed E-state index contributed by atoms with van der Waals surface area (Å²) in [6.07, 6.45) is 0. The first-order valence-corrected chi connectivity index (χ1v) is 13.5. The van der Waals surface area contributed by atoms with Gasteiger partial charge in [0.05, 0.1) is 35.9 Å². The Kier molecular flexibility index (Phi) is 5.98. The zero-order valence-electron chi connectivity index (χ0n) is 22.3. The van der Waals surface area contributed by atoms with Crippen LogP contribution >= 0.6 is 11.6 Å². The number of nitrogens with zero attached hydrogens (tertiary/aromatic N) is 5. The molecule has 0 spiro atoms. The predicted molar refractivity (Wildman–Crippen MR) is 163 cm³/mol. The number of phenols is 1. The number of aryl methyl sites for hydroxylation is 1. The Labute approximate surface area is 241 Å². The molecule has 2 aliphatic heterocycles. The molecule has 0 saturated heterocycles. The minimum Gasteiger partial charge on any atom is -0.504 e. The molecule has 7 rings (SSSR count). The highest BCUT2D eigenvalue weighted by atomic mass is 35.5. The summed E-state index contributed by atoms with van der Waals surface area (Å²) in [5.41, 5.74) is 6.14. The smallest absolute Gasteiger partial charge is 0.179 e. The van der Waals surface area contributed by atoms with Gasteiger partial charge in [-0.1, -0.05) is 48.0 Å². The fourth-order valence-electron chi connectivity index (χ4n) is 5.40. The molecule has 5 aromatic rings. The maximum atomic E-state index is 10.4. The molecule has 8 nitrogen and oxygen atoms in total. The van der Waals surface area contributed by atoms with Crippen LogP contribution in [-0.2, 0) is 0 Å². The van der Waals surface area contributed by atoms with Gasteiger partial charge < -0.3 is 20.1 Å². The van der Waals surface area contributed by atoms with Gasteiger partial charge in [-0.05, 0) is 73.2 Å². The first kappa shape index (κ1) is 24.9. The van der Waals surface area contributed by atoms with Crippen LogP contribution in [0.4, 0.5) is 22.9 Å². The summed E-state index contributed by atoms with van der Waals surface area (Å²) >= 11 is 6.16. The molecule has 9 heteroatoms. The maximum absolute atomic E-state index is 10.4. The summed E-state index contributed by atoms with van der Waals surface area (Å²) in [5.74, 6) is 2.40. The van der Waals surface area contributed by atoms with Crippen molar-refractivity contribution in [3.05, 3.63) is 119 Å². The summed E-state index contributed by atoms with van der Waals surface area (Å²) < 4.78 is 7.39. The summed E-state index contributed by atoms with van der Waals surface area (Å²) in [5, 5.41) is 19.5. The van der Waals surface area contributed by atoms with Crippen LogP contribution in [0.1, 0.15) is 22.9 Å². The Morgan fingerprint density at radius 3 is 2.44 bits per heavy atom. The van der Waals surface area contributed by atoms with Crippen molar-refractivity contribution >= 4 is 46.2 Å². The highest BCUT2D eigenvalue weighted by Crippen LogP contribution is 2.49. The van der Waals surface area contributed by atoms with E-state index in [4.69, 9.17) is 31.4 Å². The van der Waals surface area contributed by atoms with Crippen LogP contribution in [0.3, 0.4) is 0 Å². The van der Waals surface area contributed by atoms with Gasteiger partial charge >= 0.3 is 0 Å². The lowest BCUT2D eigenvalue weighted by molar-refractivity contribution is 0.372. The molecule has 1 aromatic heterocycles. The summed E-state index contributed by atoms with van der Waals surface area (Å²) in [7, 11) is 1.55. The molecule has 0 amide bonds. The number of ether oxygens (including phenoxy) is 1. The van der Waals surface area contributed by atoms with Gasteiger partial charge in [0.1, 0.15) is 0 Å². The second kappa shape index (κ2) is 9.83. The number of aromatic hydroxyl groups is 1. The van der Waals surface area contributed by atoms with Crippen molar-refractivity contribution < 1.29 is 9.84 Å². The molecule has 4 aromatic carbocycles. The van der Waals surface area contributed by atoms with Crippen LogP contribution in [-0.4, -0.2) is 33.7 Å². The normalized spacial score (nSPS) is 15.3. The predicted octanol–water partition coefficient (Wildman–Crippen LogP) is 7.34. The van der Waals surface area contributed by atoms with Gasteiger partial charge in [0, 0.05) is 16.3 Å². The van der Waals surface area contributed by atoms with E-state index < -0.39 is 0 Å². The number of hydrogen-bond acceptors (Lipinski definition) is 7. The molecular weight excluding hydrogens is 536 g/mol. The minimum atomic E-state index is -0.344. The lowest BCUT2D eigenvalue weighted by atomic mass is 9.93. The number of benzene rings is 4. The molecule has 0 saturated carbocycles. The van der Waals surface area contributed by atoms with E-state index in [1.54, 1.807) is 13.2 Å². The van der Waals surface area contributed by atoms with Gasteiger partial charge in [-0.15, -0.1) is 0 Å². The number of para-hydroxylation sites is 3. The van der Waals surface area contributed by atoms with Crippen LogP contribution in [0.2, 0.25) is 5.02 Å². The fourth-order valence-corrected chi connectivity index (χ4v) is 5.52. The summed E-state index contributed by atoms with van der Waals surface area (Å²) in [6, 6.07) is 30.5. The van der Waals surface area contributed by atoms with Gasteiger partial charge in [-0.25, -0.2) is 14.7 Å². The molecular formula is C32H25ClN6O2. The molecule has 3 heterocycles. The molecule has 0 bridgehead atoms. The second-order valence-electron chi connectivity index (χ2n) is 9.79. The Morgan fingerprint density at radius 2 is 1.66 bits per heavy atom. The Morgan fingerprint density at radius 1 is 0.902 bits per heavy atom. The highest BCUT2D eigenvalue weighted by molar-refractivity contribution is 6.51. The van der Waals surface area contributed by atoms with E-state index in [1.165, 1.54) is 0 Å². The van der Waals surface area contributed by atoms with E-state index in [-0.39, 0.29) is 11.8 Å². The molecule has 202 valence electrons. The third-order valence-electron chi connectivity index (χ3n) is 7.27. The first-order valence-electron chi connectivity index (χ1n) is 13.1. The number of methoxy groups -OCH3 is 1. The fraction of sp³-hybridized carbons (Fsp3) is 0.0938. The zero-order chi connectivity index (χ0) is 28.1. The van der Waals surface area contributed by atoms with E-state index >= 15 is 0 Å². The number of phenolic OH excluding ortho intramolecular Hbond substituents is 1. The number of hydrogen-bond donors (Lipinski definition) is 2. The van der Waals surface area contributed by atoms with Crippen molar-refractivity contribution in [1.82, 2.24) is 9.78 Å². The van der Waals surface area contributed by atoms with Gasteiger partial charge in [0.25, 0.3) is 0 Å². The van der Waals surface area contributed by atoms with Gasteiger partial charge in [-0.2, -0.15) is 5.10 Å². The van der Waals surface area contributed by atoms with E-state index in [0.29, 0.717) is 28.3 Å². The van der Waals surface area contributed by atoms with Crippen molar-refractivity contribution in [2.24, 2.45) is 9.98 Å². The number of fused-ring (bicyclic) bond motifs is 4. The van der Waals surface area contributed by atoms with E-state index in [2.05, 4.69) is 10.2 Å². The van der Waals surface area contributed by atoms with Crippen LogP contribution in [0.5, 0.6) is 11.5 Å². The van der Waals surface area contributed by atoms with Gasteiger partial charge in [0.15, 0.2) is 29.0 Å². The third-order valence-corrected chi connectivity index (χ3v) is 7.52.